The molecule has 1 saturated heterocycles. The van der Waals surface area contributed by atoms with Gasteiger partial charge in [-0.2, -0.15) is 0 Å². The van der Waals surface area contributed by atoms with Crippen molar-refractivity contribution in [3.63, 3.8) is 0 Å². The first kappa shape index (κ1) is 14.2. The van der Waals surface area contributed by atoms with Gasteiger partial charge in [-0.25, -0.2) is 0 Å². The summed E-state index contributed by atoms with van der Waals surface area (Å²) in [6, 6.07) is 8.47. The van der Waals surface area contributed by atoms with Crippen LogP contribution in [0.5, 0.6) is 0 Å². The zero-order valence-electron chi connectivity index (χ0n) is 11.3. The van der Waals surface area contributed by atoms with Crippen molar-refractivity contribution in [1.29, 1.82) is 0 Å². The second-order valence-corrected chi connectivity index (χ2v) is 5.09. The number of carboxylic acids is 1. The maximum Gasteiger partial charge on any atom is 0.317 e. The van der Waals surface area contributed by atoms with E-state index in [0.717, 1.165) is 0 Å². The van der Waals surface area contributed by atoms with Gasteiger partial charge >= 0.3 is 5.97 Å². The molecule has 5 heteroatoms. The first-order chi connectivity index (χ1) is 9.47. The molecule has 0 saturated carbocycles. The number of ketones is 1. The van der Waals surface area contributed by atoms with E-state index < -0.39 is 11.4 Å². The van der Waals surface area contributed by atoms with Crippen molar-refractivity contribution in [1.82, 2.24) is 4.90 Å². The van der Waals surface area contributed by atoms with Gasteiger partial charge in [0.2, 0.25) is 5.91 Å². The quantitative estimate of drug-likeness (QED) is 0.671. The Bertz CT molecular complexity index is 530. The van der Waals surface area contributed by atoms with Gasteiger partial charge in [-0.15, -0.1) is 0 Å². The lowest BCUT2D eigenvalue weighted by atomic mass is 9.72. The Hall–Kier alpha value is -2.17. The van der Waals surface area contributed by atoms with Crippen LogP contribution in [0.15, 0.2) is 30.3 Å². The zero-order chi connectivity index (χ0) is 14.8. The third-order valence-electron chi connectivity index (χ3n) is 3.94. The smallest absolute Gasteiger partial charge is 0.317 e. The molecule has 1 aliphatic heterocycles. The molecular weight excluding hydrogens is 258 g/mol. The van der Waals surface area contributed by atoms with Crippen molar-refractivity contribution >= 4 is 17.7 Å². The molecule has 0 aromatic heterocycles. The van der Waals surface area contributed by atoms with Gasteiger partial charge in [0.05, 0.1) is 0 Å². The number of amides is 1. The molecule has 5 nitrogen and oxygen atoms in total. The summed E-state index contributed by atoms with van der Waals surface area (Å²) < 4.78 is 0. The number of piperidine rings is 1. The van der Waals surface area contributed by atoms with Gasteiger partial charge in [-0.3, -0.25) is 14.4 Å². The lowest BCUT2D eigenvalue weighted by Gasteiger charge is -2.37. The van der Waals surface area contributed by atoms with E-state index in [1.54, 1.807) is 35.2 Å². The lowest BCUT2D eigenvalue weighted by Crippen LogP contribution is -2.50. The minimum absolute atomic E-state index is 0.0869. The van der Waals surface area contributed by atoms with Gasteiger partial charge in [0.15, 0.2) is 5.78 Å². The standard InChI is InChI=1S/C15H17NO4/c1-11(17)16-9-7-15(8-10-16,14(19)20)13(18)12-5-3-2-4-6-12/h2-6H,7-10H2,1H3,(H,19,20). The van der Waals surface area contributed by atoms with E-state index in [-0.39, 0.29) is 24.5 Å². The average molecular weight is 275 g/mol. The molecule has 0 aliphatic carbocycles. The number of likely N-dealkylation sites (tertiary alicyclic amines) is 1. The molecule has 1 fully saturated rings. The fraction of sp³-hybridized carbons (Fsp3) is 0.400. The predicted molar refractivity (Wildman–Crippen MR) is 72.3 cm³/mol. The number of aliphatic carboxylic acids is 1. The van der Waals surface area contributed by atoms with Crippen LogP contribution in [0.2, 0.25) is 0 Å². The van der Waals surface area contributed by atoms with E-state index in [4.69, 9.17) is 0 Å². The number of nitrogens with zero attached hydrogens (tertiary/aromatic N) is 1. The molecule has 1 amide bonds. The van der Waals surface area contributed by atoms with Crippen LogP contribution in [0.4, 0.5) is 0 Å². The Morgan fingerprint density at radius 1 is 1.10 bits per heavy atom. The highest BCUT2D eigenvalue weighted by molar-refractivity contribution is 6.12. The predicted octanol–water partition coefficient (Wildman–Crippen LogP) is 1.58. The lowest BCUT2D eigenvalue weighted by molar-refractivity contribution is -0.150. The van der Waals surface area contributed by atoms with E-state index in [0.29, 0.717) is 18.7 Å². The summed E-state index contributed by atoms with van der Waals surface area (Å²) in [5.41, 5.74) is -1.00. The molecule has 0 bridgehead atoms. The number of carbonyl (C=O) groups is 3. The second-order valence-electron chi connectivity index (χ2n) is 5.09. The van der Waals surface area contributed by atoms with E-state index in [2.05, 4.69) is 0 Å². The third-order valence-corrected chi connectivity index (χ3v) is 3.94. The third kappa shape index (κ3) is 2.43. The van der Waals surface area contributed by atoms with Crippen LogP contribution >= 0.6 is 0 Å². The summed E-state index contributed by atoms with van der Waals surface area (Å²) >= 11 is 0. The molecule has 1 N–H and O–H groups in total. The Morgan fingerprint density at radius 3 is 2.10 bits per heavy atom. The van der Waals surface area contributed by atoms with Crippen LogP contribution in [0, 0.1) is 5.41 Å². The largest absolute Gasteiger partial charge is 0.480 e. The van der Waals surface area contributed by atoms with Crippen LogP contribution in [0.3, 0.4) is 0 Å². The summed E-state index contributed by atoms with van der Waals surface area (Å²) in [4.78, 5) is 37.1. The number of carboxylic acid groups (broad SMARTS) is 1. The van der Waals surface area contributed by atoms with E-state index >= 15 is 0 Å². The number of hydrogen-bond acceptors (Lipinski definition) is 3. The van der Waals surface area contributed by atoms with Gasteiger partial charge in [0.1, 0.15) is 5.41 Å². The Kier molecular flexibility index (Phi) is 3.88. The van der Waals surface area contributed by atoms with Gasteiger partial charge < -0.3 is 10.0 Å². The molecule has 1 aromatic carbocycles. The molecule has 106 valence electrons. The Balaban J connectivity index is 2.27. The molecular formula is C15H17NO4. The molecule has 0 unspecified atom stereocenters. The number of benzene rings is 1. The monoisotopic (exact) mass is 275 g/mol. The van der Waals surface area contributed by atoms with E-state index in [1.165, 1.54) is 6.92 Å². The maximum atomic E-state index is 12.6. The van der Waals surface area contributed by atoms with Gasteiger partial charge in [-0.05, 0) is 12.8 Å². The van der Waals surface area contributed by atoms with Crippen molar-refractivity contribution in [2.24, 2.45) is 5.41 Å². The molecule has 1 heterocycles. The van der Waals surface area contributed by atoms with Gasteiger partial charge in [0, 0.05) is 25.6 Å². The fourth-order valence-electron chi connectivity index (χ4n) is 2.61. The van der Waals surface area contributed by atoms with Gasteiger partial charge in [0.25, 0.3) is 0 Å². The minimum Gasteiger partial charge on any atom is -0.480 e. The van der Waals surface area contributed by atoms with Crippen LogP contribution in [0.25, 0.3) is 0 Å². The number of rotatable bonds is 3. The Morgan fingerprint density at radius 2 is 1.65 bits per heavy atom. The summed E-state index contributed by atoms with van der Waals surface area (Å²) in [5.74, 6) is -1.56. The number of hydrogen-bond donors (Lipinski definition) is 1. The molecule has 1 aliphatic rings. The van der Waals surface area contributed by atoms with E-state index in [1.807, 2.05) is 0 Å². The molecule has 0 atom stereocenters. The van der Waals surface area contributed by atoms with Gasteiger partial charge in [-0.1, -0.05) is 30.3 Å². The number of Topliss-reactive ketones (excluding diaryl/α,β-unsaturated/α-hetero) is 1. The van der Waals surface area contributed by atoms with Crippen molar-refractivity contribution in [2.45, 2.75) is 19.8 Å². The van der Waals surface area contributed by atoms with Crippen molar-refractivity contribution < 1.29 is 19.5 Å². The highest BCUT2D eigenvalue weighted by atomic mass is 16.4. The van der Waals surface area contributed by atoms with Crippen molar-refractivity contribution in [3.8, 4) is 0 Å². The van der Waals surface area contributed by atoms with Crippen LogP contribution in [0.1, 0.15) is 30.1 Å². The first-order valence-corrected chi connectivity index (χ1v) is 6.56. The summed E-state index contributed by atoms with van der Waals surface area (Å²) in [6.45, 7) is 2.06. The second kappa shape index (κ2) is 5.45. The first-order valence-electron chi connectivity index (χ1n) is 6.56. The van der Waals surface area contributed by atoms with Crippen LogP contribution in [-0.4, -0.2) is 40.8 Å². The molecule has 1 aromatic rings. The van der Waals surface area contributed by atoms with Crippen molar-refractivity contribution in [2.75, 3.05) is 13.1 Å². The highest BCUT2D eigenvalue weighted by Gasteiger charge is 2.48. The fourth-order valence-corrected chi connectivity index (χ4v) is 2.61. The SMILES string of the molecule is CC(=O)N1CCC(C(=O)O)(C(=O)c2ccccc2)CC1. The van der Waals surface area contributed by atoms with Crippen LogP contribution < -0.4 is 0 Å². The van der Waals surface area contributed by atoms with Crippen molar-refractivity contribution in [3.05, 3.63) is 35.9 Å². The minimum atomic E-state index is -1.41. The molecule has 20 heavy (non-hydrogen) atoms. The maximum absolute atomic E-state index is 12.6. The topological polar surface area (TPSA) is 74.7 Å². The summed E-state index contributed by atoms with van der Waals surface area (Å²) in [5, 5.41) is 9.52. The molecule has 0 radical (unpaired) electrons. The van der Waals surface area contributed by atoms with Crippen LogP contribution in [-0.2, 0) is 9.59 Å². The Labute approximate surface area is 117 Å². The average Bonchev–Trinajstić information content (AvgIpc) is 2.47. The van der Waals surface area contributed by atoms with E-state index in [9.17, 15) is 19.5 Å². The summed E-state index contributed by atoms with van der Waals surface area (Å²) in [7, 11) is 0. The molecule has 2 rings (SSSR count). The zero-order valence-corrected chi connectivity index (χ0v) is 11.3. The molecule has 0 spiro atoms. The normalized spacial score (nSPS) is 17.6. The highest BCUT2D eigenvalue weighted by Crippen LogP contribution is 2.35. The summed E-state index contributed by atoms with van der Waals surface area (Å²) in [6.07, 6.45) is 0.325. The number of carbonyl (C=O) groups excluding carboxylic acids is 2.